The van der Waals surface area contributed by atoms with Crippen LogP contribution in [-0.2, 0) is 24.3 Å². The molecule has 0 fully saturated rings. The lowest BCUT2D eigenvalue weighted by molar-refractivity contribution is 0.104. The van der Waals surface area contributed by atoms with Gasteiger partial charge in [-0.25, -0.2) is 0 Å². The Morgan fingerprint density at radius 3 is 1.82 bits per heavy atom. The van der Waals surface area contributed by atoms with E-state index in [4.69, 9.17) is 4.84 Å². The van der Waals surface area contributed by atoms with E-state index in [1.807, 2.05) is 66.7 Å². The van der Waals surface area contributed by atoms with Crippen LogP contribution >= 0.6 is 0 Å². The van der Waals surface area contributed by atoms with Gasteiger partial charge in [0.05, 0.1) is 22.7 Å². The quantitative estimate of drug-likeness (QED) is 0.0680. The van der Waals surface area contributed by atoms with Gasteiger partial charge in [0.25, 0.3) is 0 Å². The number of benzene rings is 11. The average Bonchev–Trinajstić information content (AvgIpc) is 3.68. The SMILES string of the molecule is CN=Nc1ccc2c(c1)C(=O)c1cc(N=Nc3c(O)c(CONc4ccc(CCc5ccc(N(c6ccc(C)cc6)c6ccc7ccc8cccc9ccc6c7c89)cc5)cc4)cc4ccccc34)ccc1-2. The largest absolute Gasteiger partial charge is 0.505 e. The minimum absolute atomic E-state index is 0.0322. The maximum atomic E-state index is 13.4. The summed E-state index contributed by atoms with van der Waals surface area (Å²) in [6.07, 6.45) is 1.77. The molecule has 11 aromatic carbocycles. The predicted octanol–water partition coefficient (Wildman–Crippen LogP) is 16.9. The molecule has 2 N–H and O–H groups in total. The zero-order valence-corrected chi connectivity index (χ0v) is 39.1. The molecule has 0 saturated heterocycles. The molecule has 9 nitrogen and oxygen atoms in total. The van der Waals surface area contributed by atoms with Crippen molar-refractivity contribution in [3.63, 3.8) is 0 Å². The maximum absolute atomic E-state index is 13.4. The van der Waals surface area contributed by atoms with Gasteiger partial charge in [-0.2, -0.15) is 15.3 Å². The molecule has 0 aliphatic heterocycles. The smallest absolute Gasteiger partial charge is 0.194 e. The molecule has 0 saturated carbocycles. The van der Waals surface area contributed by atoms with E-state index in [0.29, 0.717) is 33.8 Å². The highest BCUT2D eigenvalue weighted by Gasteiger charge is 2.27. The number of rotatable bonds is 13. The van der Waals surface area contributed by atoms with Crippen LogP contribution in [0.2, 0.25) is 0 Å². The first-order valence-corrected chi connectivity index (χ1v) is 23.7. The second-order valence-corrected chi connectivity index (χ2v) is 18.1. The van der Waals surface area contributed by atoms with Gasteiger partial charge in [0.1, 0.15) is 18.0 Å². The third-order valence-corrected chi connectivity index (χ3v) is 13.6. The van der Waals surface area contributed by atoms with Gasteiger partial charge in [-0.05, 0) is 147 Å². The van der Waals surface area contributed by atoms with Crippen molar-refractivity contribution in [1.29, 1.82) is 0 Å². The van der Waals surface area contributed by atoms with Crippen LogP contribution in [-0.4, -0.2) is 17.9 Å². The highest BCUT2D eigenvalue weighted by molar-refractivity contribution is 6.26. The molecular weight excluding hydrogens is 877 g/mol. The molecule has 0 heterocycles. The van der Waals surface area contributed by atoms with E-state index < -0.39 is 0 Å². The summed E-state index contributed by atoms with van der Waals surface area (Å²) < 4.78 is 0. The topological polar surface area (TPSA) is 111 Å². The number of carbonyl (C=O) groups is 1. The maximum Gasteiger partial charge on any atom is 0.194 e. The minimum Gasteiger partial charge on any atom is -0.505 e. The first kappa shape index (κ1) is 43.2. The Morgan fingerprint density at radius 1 is 0.535 bits per heavy atom. The standard InChI is InChI=1S/C62H46N6O3/c1-38-10-26-49(27-11-38)68(57-33-21-43-19-18-41-7-5-8-42-20-30-54(57)59(43)58(41)42)50-28-16-40(17-29-50)13-12-39-14-22-46(23-15-39)67-71-37-45-34-44-6-3-4-9-51(44)60(61(45)69)66-65-48-25-32-53-52-31-24-47(64-63-2)35-55(52)62(70)56(53)36-48/h3-11,14-36,67,69H,12-13,37H2,1-2H3. The molecule has 0 atom stereocenters. The number of azo groups is 2. The summed E-state index contributed by atoms with van der Waals surface area (Å²) in [4.78, 5) is 21.7. The molecule has 1 aliphatic rings. The number of carbonyl (C=O) groups excluding carboxylic acids is 1. The Bertz CT molecular complexity index is 3890. The Hall–Kier alpha value is -9.05. The van der Waals surface area contributed by atoms with E-state index in [0.717, 1.165) is 57.5 Å². The molecule has 11 aromatic rings. The third kappa shape index (κ3) is 8.08. The lowest BCUT2D eigenvalue weighted by atomic mass is 9.93. The molecule has 71 heavy (non-hydrogen) atoms. The van der Waals surface area contributed by atoms with Crippen molar-refractivity contribution in [2.45, 2.75) is 26.4 Å². The fraction of sp³-hybridized carbons (Fsp3) is 0.0806. The number of aromatic hydroxyl groups is 1. The van der Waals surface area contributed by atoms with Crippen molar-refractivity contribution in [2.24, 2.45) is 20.5 Å². The van der Waals surface area contributed by atoms with Crippen molar-refractivity contribution in [2.75, 3.05) is 17.4 Å². The van der Waals surface area contributed by atoms with Gasteiger partial charge in [0.2, 0.25) is 0 Å². The highest BCUT2D eigenvalue weighted by atomic mass is 16.6. The van der Waals surface area contributed by atoms with Gasteiger partial charge in [-0.1, -0.05) is 127 Å². The summed E-state index contributed by atoms with van der Waals surface area (Å²) in [5, 5.41) is 37.7. The van der Waals surface area contributed by atoms with Crippen LogP contribution in [0.25, 0.3) is 54.2 Å². The lowest BCUT2D eigenvalue weighted by Crippen LogP contribution is -2.10. The fourth-order valence-corrected chi connectivity index (χ4v) is 10.1. The summed E-state index contributed by atoms with van der Waals surface area (Å²) in [7, 11) is 1.60. The Morgan fingerprint density at radius 2 is 1.13 bits per heavy atom. The molecule has 0 amide bonds. The van der Waals surface area contributed by atoms with Crippen LogP contribution in [0.1, 0.15) is 38.2 Å². The molecule has 0 aromatic heterocycles. The van der Waals surface area contributed by atoms with Crippen molar-refractivity contribution in [3.8, 4) is 16.9 Å². The zero-order chi connectivity index (χ0) is 48.0. The van der Waals surface area contributed by atoms with Gasteiger partial charge in [-0.3, -0.25) is 15.1 Å². The van der Waals surface area contributed by atoms with Gasteiger partial charge >= 0.3 is 0 Å². The summed E-state index contributed by atoms with van der Waals surface area (Å²) in [6.45, 7) is 2.20. The highest BCUT2D eigenvalue weighted by Crippen LogP contribution is 2.45. The Kier molecular flexibility index (Phi) is 11.0. The van der Waals surface area contributed by atoms with Gasteiger partial charge in [-0.15, -0.1) is 5.11 Å². The van der Waals surface area contributed by atoms with Crippen molar-refractivity contribution < 1.29 is 14.7 Å². The number of phenolic OH excluding ortho intramolecular Hbond substituents is 1. The Labute approximate surface area is 410 Å². The van der Waals surface area contributed by atoms with Crippen molar-refractivity contribution in [1.82, 2.24) is 0 Å². The van der Waals surface area contributed by atoms with Gasteiger partial charge < -0.3 is 10.0 Å². The van der Waals surface area contributed by atoms with E-state index in [1.54, 1.807) is 19.2 Å². The number of phenols is 1. The van der Waals surface area contributed by atoms with Crippen LogP contribution in [0.4, 0.5) is 39.8 Å². The fourth-order valence-electron chi connectivity index (χ4n) is 10.1. The van der Waals surface area contributed by atoms with Crippen molar-refractivity contribution in [3.05, 3.63) is 228 Å². The second kappa shape index (κ2) is 18.1. The number of ketones is 1. The first-order valence-electron chi connectivity index (χ1n) is 23.7. The van der Waals surface area contributed by atoms with E-state index in [9.17, 15) is 9.90 Å². The molecule has 0 unspecified atom stereocenters. The van der Waals surface area contributed by atoms with Crippen LogP contribution < -0.4 is 10.4 Å². The molecule has 0 spiro atoms. The molecule has 1 aliphatic carbocycles. The normalized spacial score (nSPS) is 12.3. The number of hydrogen-bond acceptors (Lipinski definition) is 9. The molecule has 9 heteroatoms. The third-order valence-electron chi connectivity index (χ3n) is 13.6. The monoisotopic (exact) mass is 922 g/mol. The van der Waals surface area contributed by atoms with E-state index in [-0.39, 0.29) is 18.1 Å². The summed E-state index contributed by atoms with van der Waals surface area (Å²) in [5.74, 6) is -0.134. The van der Waals surface area contributed by atoms with Crippen molar-refractivity contribution >= 4 is 88.7 Å². The number of anilines is 4. The zero-order valence-electron chi connectivity index (χ0n) is 39.1. The van der Waals surface area contributed by atoms with Crippen LogP contribution in [0.15, 0.2) is 215 Å². The molecular formula is C62H46N6O3. The molecule has 342 valence electrons. The molecule has 12 rings (SSSR count). The van der Waals surface area contributed by atoms with Gasteiger partial charge in [0.15, 0.2) is 5.78 Å². The summed E-state index contributed by atoms with van der Waals surface area (Å²) >= 11 is 0. The first-order chi connectivity index (χ1) is 34.9. The Balaban J connectivity index is 0.716. The predicted molar refractivity (Wildman–Crippen MR) is 287 cm³/mol. The minimum atomic E-state index is -0.102. The van der Waals surface area contributed by atoms with Crippen LogP contribution in [0.3, 0.4) is 0 Å². The molecule has 0 radical (unpaired) electrons. The second-order valence-electron chi connectivity index (χ2n) is 18.1. The lowest BCUT2D eigenvalue weighted by Gasteiger charge is -2.28. The molecule has 0 bridgehead atoms. The van der Waals surface area contributed by atoms with E-state index in [2.05, 4.69) is 153 Å². The van der Waals surface area contributed by atoms with Gasteiger partial charge in [0, 0.05) is 45.9 Å². The number of aryl methyl sites for hydroxylation is 3. The number of hydrogen-bond donors (Lipinski definition) is 2. The van der Waals surface area contributed by atoms with E-state index >= 15 is 0 Å². The van der Waals surface area contributed by atoms with Crippen LogP contribution in [0, 0.1) is 6.92 Å². The number of nitrogens with one attached hydrogen (secondary N) is 1. The van der Waals surface area contributed by atoms with E-state index in [1.165, 1.54) is 49.0 Å². The number of nitrogens with zero attached hydrogens (tertiary/aromatic N) is 5. The average molecular weight is 923 g/mol. The van der Waals surface area contributed by atoms with Crippen LogP contribution in [0.5, 0.6) is 5.75 Å². The number of fused-ring (bicyclic) bond motifs is 4. The summed E-state index contributed by atoms with van der Waals surface area (Å²) in [6, 6.07) is 66.6. The summed E-state index contributed by atoms with van der Waals surface area (Å²) in [5.41, 5.74) is 15.7.